The highest BCUT2D eigenvalue weighted by Crippen LogP contribution is 2.13. The lowest BCUT2D eigenvalue weighted by molar-refractivity contribution is -0.479. The molecule has 0 aliphatic heterocycles. The molecule has 0 bridgehead atoms. The molecule has 0 aliphatic rings. The molecule has 0 atom stereocenters. The van der Waals surface area contributed by atoms with Gasteiger partial charge in [-0.1, -0.05) is 12.1 Å². The van der Waals surface area contributed by atoms with Gasteiger partial charge in [0.1, 0.15) is 5.75 Å². The molecular weight excluding hydrogens is 201 g/mol. The Labute approximate surface area is 86.4 Å². The molecule has 1 rings (SSSR count). The van der Waals surface area contributed by atoms with Crippen LogP contribution in [0.15, 0.2) is 24.3 Å². The minimum Gasteiger partial charge on any atom is -0.512 e. The van der Waals surface area contributed by atoms with E-state index in [-0.39, 0.29) is 18.7 Å². The third kappa shape index (κ3) is 4.43. The molecule has 0 fully saturated rings. The molecule has 15 heavy (non-hydrogen) atoms. The predicted octanol–water partition coefficient (Wildman–Crippen LogP) is -0.146. The summed E-state index contributed by atoms with van der Waals surface area (Å²) in [6, 6.07) is 6.41. The number of benzene rings is 1. The van der Waals surface area contributed by atoms with Gasteiger partial charge in [-0.2, -0.15) is 0 Å². The largest absolute Gasteiger partial charge is 0.707 e. The van der Waals surface area contributed by atoms with E-state index in [1.807, 2.05) is 0 Å². The standard InChI is InChI=1S/C8H10BNO5/c11-9(12)15-8-3-1-2-7(6-8)4-5-10(13)14/h1-3,6,11-12H,4-5H2. The SMILES string of the molecule is O=[N+]([O-])CCc1cccc(OB(O)O)c1. The smallest absolute Gasteiger partial charge is 0.512 e. The van der Waals surface area contributed by atoms with E-state index in [4.69, 9.17) is 10.0 Å². The first kappa shape index (κ1) is 11.5. The van der Waals surface area contributed by atoms with Gasteiger partial charge in [-0.3, -0.25) is 10.1 Å². The Morgan fingerprint density at radius 1 is 1.47 bits per heavy atom. The Hall–Kier alpha value is -1.60. The number of nitrogens with zero attached hydrogens (tertiary/aromatic N) is 1. The highest BCUT2D eigenvalue weighted by molar-refractivity contribution is 6.33. The lowest BCUT2D eigenvalue weighted by Gasteiger charge is -2.05. The van der Waals surface area contributed by atoms with E-state index < -0.39 is 12.2 Å². The van der Waals surface area contributed by atoms with Crippen molar-refractivity contribution in [2.45, 2.75) is 6.42 Å². The lowest BCUT2D eigenvalue weighted by atomic mass is 10.1. The first-order valence-electron chi connectivity index (χ1n) is 4.31. The molecule has 0 heterocycles. The van der Waals surface area contributed by atoms with Crippen LogP contribution in [0.5, 0.6) is 5.75 Å². The average molecular weight is 211 g/mol. The fraction of sp³-hybridized carbons (Fsp3) is 0.250. The Morgan fingerprint density at radius 3 is 2.80 bits per heavy atom. The van der Waals surface area contributed by atoms with Crippen molar-refractivity contribution in [3.05, 3.63) is 39.9 Å². The van der Waals surface area contributed by atoms with Gasteiger partial charge in [0, 0.05) is 11.3 Å². The first-order valence-corrected chi connectivity index (χ1v) is 4.31. The first-order chi connectivity index (χ1) is 7.08. The van der Waals surface area contributed by atoms with E-state index in [1.54, 1.807) is 12.1 Å². The van der Waals surface area contributed by atoms with Crippen LogP contribution >= 0.6 is 0 Å². The molecule has 1 aromatic rings. The van der Waals surface area contributed by atoms with Crippen molar-refractivity contribution in [3.63, 3.8) is 0 Å². The molecule has 0 unspecified atom stereocenters. The molecule has 2 N–H and O–H groups in total. The highest BCUT2D eigenvalue weighted by atomic mass is 16.6. The van der Waals surface area contributed by atoms with Crippen LogP contribution in [0.1, 0.15) is 5.56 Å². The van der Waals surface area contributed by atoms with Crippen molar-refractivity contribution in [1.29, 1.82) is 0 Å². The molecule has 0 amide bonds. The summed E-state index contributed by atoms with van der Waals surface area (Å²) < 4.78 is 4.60. The van der Waals surface area contributed by atoms with Crippen molar-refractivity contribution in [3.8, 4) is 5.75 Å². The molecule has 7 heteroatoms. The molecule has 1 aromatic carbocycles. The number of hydrogen-bond donors (Lipinski definition) is 2. The lowest BCUT2D eigenvalue weighted by Crippen LogP contribution is -2.20. The van der Waals surface area contributed by atoms with E-state index in [2.05, 4.69) is 4.65 Å². The van der Waals surface area contributed by atoms with Crippen LogP contribution in [0.4, 0.5) is 0 Å². The molecule has 0 aromatic heterocycles. The van der Waals surface area contributed by atoms with Gasteiger partial charge >= 0.3 is 7.32 Å². The van der Waals surface area contributed by atoms with Crippen molar-refractivity contribution < 1.29 is 19.6 Å². The van der Waals surface area contributed by atoms with Crippen LogP contribution in [-0.4, -0.2) is 28.8 Å². The summed E-state index contributed by atoms with van der Waals surface area (Å²) in [5.41, 5.74) is 0.713. The van der Waals surface area contributed by atoms with Crippen molar-refractivity contribution in [1.82, 2.24) is 0 Å². The summed E-state index contributed by atoms with van der Waals surface area (Å²) in [7, 11) is -1.88. The zero-order chi connectivity index (χ0) is 11.3. The van der Waals surface area contributed by atoms with Gasteiger partial charge in [0.25, 0.3) is 0 Å². The maximum Gasteiger partial charge on any atom is 0.707 e. The molecule has 0 radical (unpaired) electrons. The third-order valence-electron chi connectivity index (χ3n) is 1.72. The second kappa shape index (κ2) is 5.33. The van der Waals surface area contributed by atoms with Crippen LogP contribution in [0, 0.1) is 10.1 Å². The maximum absolute atomic E-state index is 10.1. The predicted molar refractivity (Wildman–Crippen MR) is 52.8 cm³/mol. The fourth-order valence-electron chi connectivity index (χ4n) is 1.12. The van der Waals surface area contributed by atoms with Crippen LogP contribution in [0.3, 0.4) is 0 Å². The van der Waals surface area contributed by atoms with E-state index in [1.165, 1.54) is 12.1 Å². The van der Waals surface area contributed by atoms with Crippen molar-refractivity contribution in [2.75, 3.05) is 6.54 Å². The monoisotopic (exact) mass is 211 g/mol. The Balaban J connectivity index is 2.61. The zero-order valence-electron chi connectivity index (χ0n) is 7.87. The minimum atomic E-state index is -1.88. The summed E-state index contributed by atoms with van der Waals surface area (Å²) in [5.74, 6) is 0.269. The Bertz CT molecular complexity index is 344. The van der Waals surface area contributed by atoms with Crippen molar-refractivity contribution >= 4 is 7.32 Å². The summed E-state index contributed by atoms with van der Waals surface area (Å²) in [6.45, 7) is -0.162. The second-order valence-electron chi connectivity index (χ2n) is 2.90. The number of hydrogen-bond acceptors (Lipinski definition) is 5. The van der Waals surface area contributed by atoms with Gasteiger partial charge in [-0.15, -0.1) is 0 Å². The molecular formula is C8H10BNO5. The summed E-state index contributed by atoms with van der Waals surface area (Å²) in [6.07, 6.45) is 0.283. The van der Waals surface area contributed by atoms with Gasteiger partial charge in [-0.05, 0) is 17.7 Å². The van der Waals surface area contributed by atoms with Gasteiger partial charge in [0.15, 0.2) is 0 Å². The number of nitro groups is 1. The maximum atomic E-state index is 10.1. The van der Waals surface area contributed by atoms with Gasteiger partial charge in [-0.25, -0.2) is 0 Å². The van der Waals surface area contributed by atoms with E-state index in [0.717, 1.165) is 0 Å². The topological polar surface area (TPSA) is 92.8 Å². The quantitative estimate of drug-likeness (QED) is 0.401. The van der Waals surface area contributed by atoms with Gasteiger partial charge in [0.05, 0.1) is 0 Å². The summed E-state index contributed by atoms with van der Waals surface area (Å²) in [4.78, 5) is 9.72. The normalized spacial score (nSPS) is 9.73. The minimum absolute atomic E-state index is 0.162. The zero-order valence-corrected chi connectivity index (χ0v) is 7.87. The summed E-state index contributed by atoms with van der Waals surface area (Å²) in [5, 5.41) is 27.2. The third-order valence-corrected chi connectivity index (χ3v) is 1.72. The molecule has 0 saturated heterocycles. The molecule has 6 nitrogen and oxygen atoms in total. The van der Waals surface area contributed by atoms with Crippen LogP contribution in [0.25, 0.3) is 0 Å². The van der Waals surface area contributed by atoms with Crippen LogP contribution < -0.4 is 4.65 Å². The highest BCUT2D eigenvalue weighted by Gasteiger charge is 2.11. The fourth-order valence-corrected chi connectivity index (χ4v) is 1.12. The van der Waals surface area contributed by atoms with Crippen molar-refractivity contribution in [2.24, 2.45) is 0 Å². The molecule has 0 spiro atoms. The Morgan fingerprint density at radius 2 is 2.20 bits per heavy atom. The van der Waals surface area contributed by atoms with Crippen LogP contribution in [-0.2, 0) is 6.42 Å². The molecule has 80 valence electrons. The Kier molecular flexibility index (Phi) is 4.08. The van der Waals surface area contributed by atoms with E-state index in [0.29, 0.717) is 5.56 Å². The van der Waals surface area contributed by atoms with Gasteiger partial charge < -0.3 is 14.7 Å². The van der Waals surface area contributed by atoms with E-state index in [9.17, 15) is 10.1 Å². The van der Waals surface area contributed by atoms with Crippen LogP contribution in [0.2, 0.25) is 0 Å². The second-order valence-corrected chi connectivity index (χ2v) is 2.90. The molecule has 0 saturated carbocycles. The number of rotatable bonds is 5. The average Bonchev–Trinajstić information content (AvgIpc) is 2.14. The molecule has 0 aliphatic carbocycles. The van der Waals surface area contributed by atoms with E-state index >= 15 is 0 Å². The summed E-state index contributed by atoms with van der Waals surface area (Å²) >= 11 is 0. The van der Waals surface area contributed by atoms with Gasteiger partial charge in [0.2, 0.25) is 6.54 Å².